The monoisotopic (exact) mass is 149 g/mol. The molecule has 0 aliphatic heterocycles. The summed E-state index contributed by atoms with van der Waals surface area (Å²) in [4.78, 5) is 10.5. The molecule has 2 rings (SSSR count). The molecule has 0 bridgehead atoms. The summed E-state index contributed by atoms with van der Waals surface area (Å²) >= 11 is 0. The van der Waals surface area contributed by atoms with Crippen LogP contribution < -0.4 is 0 Å². The Morgan fingerprint density at radius 1 is 1.64 bits per heavy atom. The quantitative estimate of drug-likeness (QED) is 0.600. The molecular weight excluding hydrogens is 138 g/mol. The summed E-state index contributed by atoms with van der Waals surface area (Å²) in [6.45, 7) is 1.03. The van der Waals surface area contributed by atoms with Crippen LogP contribution in [-0.2, 0) is 6.54 Å². The Morgan fingerprint density at radius 3 is 3.09 bits per heavy atom. The summed E-state index contributed by atoms with van der Waals surface area (Å²) in [5, 5.41) is 0. The fourth-order valence-corrected chi connectivity index (χ4v) is 1.28. The van der Waals surface area contributed by atoms with Crippen LogP contribution >= 0.6 is 0 Å². The number of rotatable bonds is 3. The minimum Gasteiger partial charge on any atom is -0.345 e. The van der Waals surface area contributed by atoms with E-state index < -0.39 is 0 Å². The van der Waals surface area contributed by atoms with Gasteiger partial charge < -0.3 is 4.57 Å². The van der Waals surface area contributed by atoms with Crippen molar-refractivity contribution < 1.29 is 4.79 Å². The van der Waals surface area contributed by atoms with Crippen molar-refractivity contribution in [2.45, 2.75) is 19.4 Å². The summed E-state index contributed by atoms with van der Waals surface area (Å²) in [6.07, 6.45) is 5.55. The van der Waals surface area contributed by atoms with Gasteiger partial charge in [-0.1, -0.05) is 0 Å². The summed E-state index contributed by atoms with van der Waals surface area (Å²) in [6, 6.07) is 3.78. The third-order valence-corrected chi connectivity index (χ3v) is 2.14. The molecule has 58 valence electrons. The van der Waals surface area contributed by atoms with E-state index in [-0.39, 0.29) is 0 Å². The number of aldehydes is 1. The van der Waals surface area contributed by atoms with E-state index in [1.165, 1.54) is 12.8 Å². The van der Waals surface area contributed by atoms with E-state index in [1.54, 1.807) is 0 Å². The lowest BCUT2D eigenvalue weighted by Crippen LogP contribution is -2.01. The van der Waals surface area contributed by atoms with Gasteiger partial charge in [0, 0.05) is 12.7 Å². The molecule has 2 heteroatoms. The Hall–Kier alpha value is -1.05. The predicted molar refractivity (Wildman–Crippen MR) is 42.5 cm³/mol. The van der Waals surface area contributed by atoms with Crippen LogP contribution in [0.1, 0.15) is 23.3 Å². The van der Waals surface area contributed by atoms with Crippen molar-refractivity contribution in [1.29, 1.82) is 0 Å². The van der Waals surface area contributed by atoms with Crippen LogP contribution in [0.3, 0.4) is 0 Å². The zero-order valence-corrected chi connectivity index (χ0v) is 6.36. The first-order valence-electron chi connectivity index (χ1n) is 4.00. The van der Waals surface area contributed by atoms with Gasteiger partial charge in [0.15, 0.2) is 6.29 Å². The normalized spacial score (nSPS) is 16.7. The van der Waals surface area contributed by atoms with Crippen molar-refractivity contribution >= 4 is 6.29 Å². The van der Waals surface area contributed by atoms with Crippen molar-refractivity contribution in [3.63, 3.8) is 0 Å². The van der Waals surface area contributed by atoms with E-state index in [1.807, 2.05) is 22.9 Å². The van der Waals surface area contributed by atoms with Gasteiger partial charge in [0.2, 0.25) is 0 Å². The summed E-state index contributed by atoms with van der Waals surface area (Å²) in [5.74, 6) is 0.834. The van der Waals surface area contributed by atoms with E-state index in [9.17, 15) is 4.79 Å². The molecule has 1 fully saturated rings. The zero-order chi connectivity index (χ0) is 7.68. The number of aromatic nitrogens is 1. The Labute approximate surface area is 65.8 Å². The Bertz CT molecular complexity index is 260. The number of hydrogen-bond donors (Lipinski definition) is 0. The van der Waals surface area contributed by atoms with E-state index in [0.29, 0.717) is 0 Å². The van der Waals surface area contributed by atoms with Crippen molar-refractivity contribution in [2.24, 2.45) is 5.92 Å². The minimum atomic E-state index is 0.803. The van der Waals surface area contributed by atoms with Gasteiger partial charge >= 0.3 is 0 Å². The highest BCUT2D eigenvalue weighted by molar-refractivity contribution is 5.72. The average molecular weight is 149 g/mol. The van der Waals surface area contributed by atoms with Gasteiger partial charge in [-0.05, 0) is 30.9 Å². The van der Waals surface area contributed by atoms with Crippen LogP contribution in [-0.4, -0.2) is 10.9 Å². The van der Waals surface area contributed by atoms with Gasteiger partial charge in [-0.3, -0.25) is 4.79 Å². The highest BCUT2D eigenvalue weighted by atomic mass is 16.1. The molecule has 1 aromatic rings. The molecule has 1 aliphatic carbocycles. The SMILES string of the molecule is O=Cc1cccn1CC1CC1. The largest absolute Gasteiger partial charge is 0.345 e. The van der Waals surface area contributed by atoms with Crippen molar-refractivity contribution in [3.8, 4) is 0 Å². The lowest BCUT2D eigenvalue weighted by Gasteiger charge is -2.01. The van der Waals surface area contributed by atoms with Crippen LogP contribution in [0.4, 0.5) is 0 Å². The molecule has 0 atom stereocenters. The molecule has 0 N–H and O–H groups in total. The first-order chi connectivity index (χ1) is 5.40. The molecule has 1 heterocycles. The van der Waals surface area contributed by atoms with E-state index in [2.05, 4.69) is 0 Å². The highest BCUT2D eigenvalue weighted by Gasteiger charge is 2.21. The topological polar surface area (TPSA) is 22.0 Å². The fraction of sp³-hybridized carbons (Fsp3) is 0.444. The molecule has 1 saturated carbocycles. The van der Waals surface area contributed by atoms with Crippen molar-refractivity contribution in [2.75, 3.05) is 0 Å². The number of carbonyl (C=O) groups is 1. The van der Waals surface area contributed by atoms with Crippen LogP contribution in [0.2, 0.25) is 0 Å². The van der Waals surface area contributed by atoms with Gasteiger partial charge in [-0.15, -0.1) is 0 Å². The van der Waals surface area contributed by atoms with Crippen LogP contribution in [0.5, 0.6) is 0 Å². The number of carbonyl (C=O) groups excluding carboxylic acids is 1. The maximum absolute atomic E-state index is 10.5. The van der Waals surface area contributed by atoms with E-state index >= 15 is 0 Å². The fourth-order valence-electron chi connectivity index (χ4n) is 1.28. The van der Waals surface area contributed by atoms with Gasteiger partial charge in [-0.25, -0.2) is 0 Å². The van der Waals surface area contributed by atoms with Gasteiger partial charge in [0.1, 0.15) is 0 Å². The average Bonchev–Trinajstić information content (AvgIpc) is 2.68. The van der Waals surface area contributed by atoms with Gasteiger partial charge in [-0.2, -0.15) is 0 Å². The van der Waals surface area contributed by atoms with Crippen LogP contribution in [0.25, 0.3) is 0 Å². The summed E-state index contributed by atoms with van der Waals surface area (Å²) in [5.41, 5.74) is 0.803. The maximum atomic E-state index is 10.5. The lowest BCUT2D eigenvalue weighted by molar-refractivity contribution is 0.111. The molecule has 0 unspecified atom stereocenters. The van der Waals surface area contributed by atoms with Gasteiger partial charge in [0.25, 0.3) is 0 Å². The molecule has 0 aromatic carbocycles. The Morgan fingerprint density at radius 2 is 2.45 bits per heavy atom. The molecule has 1 aliphatic rings. The second kappa shape index (κ2) is 2.53. The van der Waals surface area contributed by atoms with Crippen LogP contribution in [0, 0.1) is 5.92 Å². The van der Waals surface area contributed by atoms with Crippen molar-refractivity contribution in [3.05, 3.63) is 24.0 Å². The maximum Gasteiger partial charge on any atom is 0.166 e. The first kappa shape index (κ1) is 6.65. The number of hydrogen-bond acceptors (Lipinski definition) is 1. The Kier molecular flexibility index (Phi) is 1.53. The minimum absolute atomic E-state index is 0.803. The summed E-state index contributed by atoms with van der Waals surface area (Å²) in [7, 11) is 0. The molecule has 11 heavy (non-hydrogen) atoms. The highest BCUT2D eigenvalue weighted by Crippen LogP contribution is 2.30. The standard InChI is InChI=1S/C9H11NO/c11-7-9-2-1-5-10(9)6-8-3-4-8/h1-2,5,7-8H,3-4,6H2. The predicted octanol–water partition coefficient (Wildman–Crippen LogP) is 1.71. The summed E-state index contributed by atoms with van der Waals surface area (Å²) < 4.78 is 2.03. The van der Waals surface area contributed by atoms with Crippen LogP contribution in [0.15, 0.2) is 18.3 Å². The molecule has 0 spiro atoms. The molecule has 0 saturated heterocycles. The molecule has 2 nitrogen and oxygen atoms in total. The molecular formula is C9H11NO. The molecule has 0 amide bonds. The zero-order valence-electron chi connectivity index (χ0n) is 6.36. The van der Waals surface area contributed by atoms with Gasteiger partial charge in [0.05, 0.1) is 5.69 Å². The third kappa shape index (κ3) is 1.34. The number of nitrogens with zero attached hydrogens (tertiary/aromatic N) is 1. The lowest BCUT2D eigenvalue weighted by atomic mass is 10.4. The second-order valence-electron chi connectivity index (χ2n) is 3.15. The smallest absolute Gasteiger partial charge is 0.166 e. The van der Waals surface area contributed by atoms with E-state index in [0.717, 1.165) is 24.4 Å². The second-order valence-corrected chi connectivity index (χ2v) is 3.15. The first-order valence-corrected chi connectivity index (χ1v) is 4.00. The van der Waals surface area contributed by atoms with Crippen molar-refractivity contribution in [1.82, 2.24) is 4.57 Å². The third-order valence-electron chi connectivity index (χ3n) is 2.14. The molecule has 1 aromatic heterocycles. The Balaban J connectivity index is 2.13. The molecule has 0 radical (unpaired) electrons. The van der Waals surface area contributed by atoms with E-state index in [4.69, 9.17) is 0 Å².